The smallest absolute Gasteiger partial charge is 0.0777 e. The summed E-state index contributed by atoms with van der Waals surface area (Å²) >= 11 is 0. The second-order valence-electron chi connectivity index (χ2n) is 7.17. The normalized spacial score (nSPS) is 45.3. The van der Waals surface area contributed by atoms with Gasteiger partial charge in [0.25, 0.3) is 0 Å². The minimum absolute atomic E-state index is 0.0549. The first-order valence-corrected chi connectivity index (χ1v) is 7.95. The number of nitrogens with one attached hydrogen (secondary N) is 1. The highest BCUT2D eigenvalue weighted by Gasteiger charge is 2.41. The number of methoxy groups -OCH3 is 1. The summed E-state index contributed by atoms with van der Waals surface area (Å²) in [5.74, 6) is 1.63. The van der Waals surface area contributed by atoms with Gasteiger partial charge in [-0.15, -0.1) is 0 Å². The number of likely N-dealkylation sites (N-methyl/N-ethyl adjacent to an activating group) is 1. The molecule has 2 fully saturated rings. The number of rotatable bonds is 3. The van der Waals surface area contributed by atoms with Crippen molar-refractivity contribution in [3.8, 4) is 0 Å². The van der Waals surface area contributed by atoms with Gasteiger partial charge >= 0.3 is 0 Å². The van der Waals surface area contributed by atoms with E-state index in [2.05, 4.69) is 38.0 Å². The molecule has 1 saturated heterocycles. The second-order valence-corrected chi connectivity index (χ2v) is 7.17. The Kier molecular flexibility index (Phi) is 4.91. The van der Waals surface area contributed by atoms with Crippen LogP contribution in [0.15, 0.2) is 0 Å². The number of nitrogens with zero attached hydrogens (tertiary/aromatic N) is 1. The number of ether oxygens (including phenoxy) is 1. The van der Waals surface area contributed by atoms with Crippen molar-refractivity contribution in [1.29, 1.82) is 0 Å². The van der Waals surface area contributed by atoms with Gasteiger partial charge in [-0.25, -0.2) is 0 Å². The summed E-state index contributed by atoms with van der Waals surface area (Å²) in [6, 6.07) is 1.31. The van der Waals surface area contributed by atoms with Crippen LogP contribution in [-0.4, -0.2) is 49.8 Å². The molecule has 2 rings (SSSR count). The highest BCUT2D eigenvalue weighted by Crippen LogP contribution is 2.35. The first-order chi connectivity index (χ1) is 8.99. The molecule has 1 N–H and O–H groups in total. The van der Waals surface area contributed by atoms with Crippen LogP contribution in [0.1, 0.15) is 46.5 Å². The van der Waals surface area contributed by atoms with Gasteiger partial charge in [0.2, 0.25) is 0 Å². The average molecular weight is 268 g/mol. The molecule has 0 radical (unpaired) electrons. The molecule has 0 aromatic rings. The Morgan fingerprint density at radius 2 is 2.00 bits per heavy atom. The molecular formula is C16H32N2O. The van der Waals surface area contributed by atoms with Gasteiger partial charge in [-0.05, 0) is 58.0 Å². The van der Waals surface area contributed by atoms with Crippen molar-refractivity contribution in [3.05, 3.63) is 0 Å². The predicted molar refractivity (Wildman–Crippen MR) is 80.4 cm³/mol. The van der Waals surface area contributed by atoms with Crippen LogP contribution >= 0.6 is 0 Å². The Bertz CT molecular complexity index is 296. The van der Waals surface area contributed by atoms with Crippen molar-refractivity contribution >= 4 is 0 Å². The van der Waals surface area contributed by atoms with E-state index in [0.29, 0.717) is 12.1 Å². The number of piperidine rings is 1. The predicted octanol–water partition coefficient (Wildman–Crippen LogP) is 2.51. The van der Waals surface area contributed by atoms with Gasteiger partial charge in [-0.1, -0.05) is 13.8 Å². The summed E-state index contributed by atoms with van der Waals surface area (Å²) in [7, 11) is 3.99. The third-order valence-electron chi connectivity index (χ3n) is 5.40. The van der Waals surface area contributed by atoms with Gasteiger partial charge in [0.05, 0.1) is 5.60 Å². The monoisotopic (exact) mass is 268 g/mol. The quantitative estimate of drug-likeness (QED) is 0.851. The summed E-state index contributed by atoms with van der Waals surface area (Å²) in [5.41, 5.74) is 0.0549. The average Bonchev–Trinajstić information content (AvgIpc) is 2.37. The van der Waals surface area contributed by atoms with E-state index in [1.807, 2.05) is 7.11 Å². The standard InChI is InChI=1S/C16H32N2O/c1-12-9-13(2)15(14(10-12)17-4)18-8-6-7-16(3,11-18)19-5/h12-15,17H,6-11H2,1-5H3. The van der Waals surface area contributed by atoms with Crippen molar-refractivity contribution in [2.75, 3.05) is 27.2 Å². The van der Waals surface area contributed by atoms with Crippen LogP contribution in [0.3, 0.4) is 0 Å². The van der Waals surface area contributed by atoms with E-state index in [4.69, 9.17) is 4.74 Å². The van der Waals surface area contributed by atoms with Gasteiger partial charge in [-0.3, -0.25) is 4.90 Å². The molecular weight excluding hydrogens is 236 g/mol. The molecule has 1 aliphatic carbocycles. The minimum atomic E-state index is 0.0549. The first kappa shape index (κ1) is 15.3. The van der Waals surface area contributed by atoms with Gasteiger partial charge < -0.3 is 10.1 Å². The van der Waals surface area contributed by atoms with Crippen LogP contribution in [0.5, 0.6) is 0 Å². The molecule has 5 unspecified atom stereocenters. The first-order valence-electron chi connectivity index (χ1n) is 7.95. The molecule has 0 aromatic carbocycles. The largest absolute Gasteiger partial charge is 0.377 e. The maximum Gasteiger partial charge on any atom is 0.0777 e. The Morgan fingerprint density at radius 1 is 1.26 bits per heavy atom. The van der Waals surface area contributed by atoms with E-state index in [-0.39, 0.29) is 5.60 Å². The van der Waals surface area contributed by atoms with Crippen molar-refractivity contribution in [1.82, 2.24) is 10.2 Å². The van der Waals surface area contributed by atoms with Crippen LogP contribution in [0.2, 0.25) is 0 Å². The van der Waals surface area contributed by atoms with Crippen molar-refractivity contribution in [2.45, 2.75) is 64.1 Å². The fraction of sp³-hybridized carbons (Fsp3) is 1.00. The molecule has 2 aliphatic rings. The van der Waals surface area contributed by atoms with Crippen LogP contribution in [0.4, 0.5) is 0 Å². The van der Waals surface area contributed by atoms with E-state index < -0.39 is 0 Å². The zero-order chi connectivity index (χ0) is 14.0. The molecule has 0 spiro atoms. The van der Waals surface area contributed by atoms with Gasteiger partial charge in [0, 0.05) is 25.7 Å². The summed E-state index contributed by atoms with van der Waals surface area (Å²) in [6.07, 6.45) is 5.13. The zero-order valence-corrected chi connectivity index (χ0v) is 13.4. The van der Waals surface area contributed by atoms with E-state index in [0.717, 1.165) is 18.4 Å². The molecule has 0 aromatic heterocycles. The van der Waals surface area contributed by atoms with E-state index >= 15 is 0 Å². The lowest BCUT2D eigenvalue weighted by Crippen LogP contribution is -2.60. The highest BCUT2D eigenvalue weighted by atomic mass is 16.5. The maximum atomic E-state index is 5.76. The van der Waals surface area contributed by atoms with Crippen LogP contribution in [0, 0.1) is 11.8 Å². The minimum Gasteiger partial charge on any atom is -0.377 e. The lowest BCUT2D eigenvalue weighted by molar-refractivity contribution is -0.0772. The van der Waals surface area contributed by atoms with E-state index in [1.54, 1.807) is 0 Å². The second kappa shape index (κ2) is 6.11. The molecule has 0 amide bonds. The number of likely N-dealkylation sites (tertiary alicyclic amines) is 1. The Balaban J connectivity index is 2.09. The third kappa shape index (κ3) is 3.32. The van der Waals surface area contributed by atoms with Crippen LogP contribution in [-0.2, 0) is 4.74 Å². The molecule has 112 valence electrons. The topological polar surface area (TPSA) is 24.5 Å². The van der Waals surface area contributed by atoms with Gasteiger partial charge in [0.1, 0.15) is 0 Å². The van der Waals surface area contributed by atoms with Crippen LogP contribution < -0.4 is 5.32 Å². The lowest BCUT2D eigenvalue weighted by atomic mass is 9.75. The maximum absolute atomic E-state index is 5.76. The molecule has 3 nitrogen and oxygen atoms in total. The Labute approximate surface area is 119 Å². The Hall–Kier alpha value is -0.120. The van der Waals surface area contributed by atoms with Crippen molar-refractivity contribution in [2.24, 2.45) is 11.8 Å². The summed E-state index contributed by atoms with van der Waals surface area (Å²) in [6.45, 7) is 9.42. The van der Waals surface area contributed by atoms with E-state index in [1.165, 1.54) is 32.2 Å². The molecule has 19 heavy (non-hydrogen) atoms. The van der Waals surface area contributed by atoms with Gasteiger partial charge in [0.15, 0.2) is 0 Å². The fourth-order valence-electron chi connectivity index (χ4n) is 4.41. The van der Waals surface area contributed by atoms with E-state index in [9.17, 15) is 0 Å². The summed E-state index contributed by atoms with van der Waals surface area (Å²) < 4.78 is 5.76. The van der Waals surface area contributed by atoms with Crippen molar-refractivity contribution < 1.29 is 4.74 Å². The molecule has 1 heterocycles. The van der Waals surface area contributed by atoms with Gasteiger partial charge in [-0.2, -0.15) is 0 Å². The molecule has 1 aliphatic heterocycles. The molecule has 1 saturated carbocycles. The Morgan fingerprint density at radius 3 is 2.63 bits per heavy atom. The zero-order valence-electron chi connectivity index (χ0n) is 13.4. The van der Waals surface area contributed by atoms with Crippen molar-refractivity contribution in [3.63, 3.8) is 0 Å². The number of hydrogen-bond donors (Lipinski definition) is 1. The molecule has 5 atom stereocenters. The lowest BCUT2D eigenvalue weighted by Gasteiger charge is -2.50. The highest BCUT2D eigenvalue weighted by molar-refractivity contribution is 4.97. The SMILES string of the molecule is CNC1CC(C)CC(C)C1N1CCCC(C)(OC)C1. The molecule has 0 bridgehead atoms. The van der Waals surface area contributed by atoms with Crippen LogP contribution in [0.25, 0.3) is 0 Å². The molecule has 3 heteroatoms. The number of hydrogen-bond acceptors (Lipinski definition) is 3. The third-order valence-corrected chi connectivity index (χ3v) is 5.40. The fourth-order valence-corrected chi connectivity index (χ4v) is 4.41. The summed E-state index contributed by atoms with van der Waals surface area (Å²) in [5, 5.41) is 3.58. The summed E-state index contributed by atoms with van der Waals surface area (Å²) in [4.78, 5) is 2.70.